The van der Waals surface area contributed by atoms with Crippen molar-refractivity contribution in [2.24, 2.45) is 28.6 Å². The zero-order valence-corrected chi connectivity index (χ0v) is 10.4. The van der Waals surface area contributed by atoms with Gasteiger partial charge in [-0.25, -0.2) is 0 Å². The molecule has 0 aliphatic heterocycles. The molecule has 1 aliphatic carbocycles. The van der Waals surface area contributed by atoms with Crippen LogP contribution in [0.3, 0.4) is 0 Å². The molecular weight excluding hydrogens is 156 g/mol. The molecule has 1 aliphatic rings. The van der Waals surface area contributed by atoms with Gasteiger partial charge in [-0.1, -0.05) is 54.9 Å². The largest absolute Gasteiger partial charge is 0.0651 e. The van der Waals surface area contributed by atoms with Crippen molar-refractivity contribution in [3.05, 3.63) is 0 Å². The maximum absolute atomic E-state index is 2.39. The molecule has 13 heavy (non-hydrogen) atoms. The van der Waals surface area contributed by atoms with Gasteiger partial charge in [-0.2, -0.15) is 0 Å². The third kappa shape index (κ3) is 2.08. The van der Waals surface area contributed by atoms with E-state index in [0.29, 0.717) is 10.8 Å². The summed E-state index contributed by atoms with van der Waals surface area (Å²) in [5.41, 5.74) is 1.03. The van der Waals surface area contributed by atoms with Crippen LogP contribution in [0, 0.1) is 28.6 Å². The summed E-state index contributed by atoms with van der Waals surface area (Å²) in [4.78, 5) is 0. The molecule has 1 fully saturated rings. The molecule has 0 N–H and O–H groups in total. The lowest BCUT2D eigenvalue weighted by atomic mass is 9.81. The first-order valence-electron chi connectivity index (χ1n) is 5.69. The van der Waals surface area contributed by atoms with Crippen molar-refractivity contribution in [3.8, 4) is 0 Å². The van der Waals surface area contributed by atoms with E-state index in [2.05, 4.69) is 48.5 Å². The molecule has 0 aromatic carbocycles. The van der Waals surface area contributed by atoms with Crippen LogP contribution >= 0.6 is 0 Å². The van der Waals surface area contributed by atoms with Gasteiger partial charge in [0.15, 0.2) is 0 Å². The van der Waals surface area contributed by atoms with Crippen LogP contribution in [-0.2, 0) is 0 Å². The van der Waals surface area contributed by atoms with Crippen LogP contribution in [0.1, 0.15) is 54.9 Å². The summed E-state index contributed by atoms with van der Waals surface area (Å²) >= 11 is 0. The Labute approximate surface area is 84.1 Å². The zero-order valence-electron chi connectivity index (χ0n) is 10.4. The van der Waals surface area contributed by atoms with E-state index in [9.17, 15) is 0 Å². The van der Waals surface area contributed by atoms with Crippen LogP contribution in [0.5, 0.6) is 0 Å². The standard InChI is InChI=1S/C13H26/c1-8-9-10(12(2,3)4)11(9)13(5,6)7/h9-11H,8H2,1-7H3. The average molecular weight is 182 g/mol. The molecule has 0 heterocycles. The predicted octanol–water partition coefficient (Wildman–Crippen LogP) is 4.35. The van der Waals surface area contributed by atoms with E-state index in [1.807, 2.05) is 0 Å². The van der Waals surface area contributed by atoms with E-state index >= 15 is 0 Å². The van der Waals surface area contributed by atoms with E-state index in [1.54, 1.807) is 0 Å². The van der Waals surface area contributed by atoms with Gasteiger partial charge in [0, 0.05) is 0 Å². The van der Waals surface area contributed by atoms with Crippen molar-refractivity contribution in [2.75, 3.05) is 0 Å². The molecule has 2 unspecified atom stereocenters. The third-order valence-corrected chi connectivity index (χ3v) is 3.64. The number of hydrogen-bond acceptors (Lipinski definition) is 0. The highest BCUT2D eigenvalue weighted by molar-refractivity contribution is 5.06. The molecule has 1 rings (SSSR count). The summed E-state index contributed by atoms with van der Waals surface area (Å²) < 4.78 is 0. The Morgan fingerprint density at radius 2 is 1.08 bits per heavy atom. The van der Waals surface area contributed by atoms with Crippen molar-refractivity contribution >= 4 is 0 Å². The Bertz CT molecular complexity index is 157. The summed E-state index contributed by atoms with van der Waals surface area (Å²) in [7, 11) is 0. The number of hydrogen-bond donors (Lipinski definition) is 0. The summed E-state index contributed by atoms with van der Waals surface area (Å²) in [6.07, 6.45) is 1.36. The molecule has 0 heteroatoms. The highest BCUT2D eigenvalue weighted by atomic mass is 14.6. The molecule has 2 atom stereocenters. The highest BCUT2D eigenvalue weighted by Crippen LogP contribution is 2.64. The maximum Gasteiger partial charge on any atom is -0.0298 e. The molecule has 78 valence electrons. The minimum Gasteiger partial charge on any atom is -0.0651 e. The lowest BCUT2D eigenvalue weighted by Gasteiger charge is -2.24. The second kappa shape index (κ2) is 3.00. The van der Waals surface area contributed by atoms with Gasteiger partial charge in [0.05, 0.1) is 0 Å². The van der Waals surface area contributed by atoms with Crippen molar-refractivity contribution in [1.29, 1.82) is 0 Å². The molecule has 0 bridgehead atoms. The summed E-state index contributed by atoms with van der Waals surface area (Å²) in [6, 6.07) is 0. The van der Waals surface area contributed by atoms with E-state index in [1.165, 1.54) is 6.42 Å². The van der Waals surface area contributed by atoms with Gasteiger partial charge in [0.2, 0.25) is 0 Å². The van der Waals surface area contributed by atoms with Gasteiger partial charge in [0.25, 0.3) is 0 Å². The fourth-order valence-corrected chi connectivity index (χ4v) is 3.24. The van der Waals surface area contributed by atoms with Crippen LogP contribution in [0.2, 0.25) is 0 Å². The molecule has 0 aromatic rings. The normalized spacial score (nSPS) is 34.8. The van der Waals surface area contributed by atoms with Gasteiger partial charge in [-0.05, 0) is 28.6 Å². The lowest BCUT2D eigenvalue weighted by Crippen LogP contribution is -2.16. The van der Waals surface area contributed by atoms with Gasteiger partial charge in [-0.15, -0.1) is 0 Å². The highest BCUT2D eigenvalue weighted by Gasteiger charge is 2.58. The Morgan fingerprint density at radius 1 is 0.769 bits per heavy atom. The van der Waals surface area contributed by atoms with Gasteiger partial charge in [-0.3, -0.25) is 0 Å². The smallest absolute Gasteiger partial charge is 0.0298 e. The number of rotatable bonds is 1. The average Bonchev–Trinajstić information content (AvgIpc) is 2.56. The summed E-state index contributed by atoms with van der Waals surface area (Å²) in [5.74, 6) is 2.90. The van der Waals surface area contributed by atoms with Crippen molar-refractivity contribution in [2.45, 2.75) is 54.9 Å². The van der Waals surface area contributed by atoms with Crippen LogP contribution in [0.25, 0.3) is 0 Å². The summed E-state index contributed by atoms with van der Waals surface area (Å²) in [5, 5.41) is 0. The van der Waals surface area contributed by atoms with E-state index < -0.39 is 0 Å². The molecule has 0 radical (unpaired) electrons. The van der Waals surface area contributed by atoms with Crippen LogP contribution in [0.15, 0.2) is 0 Å². The fraction of sp³-hybridized carbons (Fsp3) is 1.00. The van der Waals surface area contributed by atoms with Crippen LogP contribution in [-0.4, -0.2) is 0 Å². The van der Waals surface area contributed by atoms with Crippen LogP contribution < -0.4 is 0 Å². The lowest BCUT2D eigenvalue weighted by molar-refractivity contribution is 0.254. The first-order valence-corrected chi connectivity index (χ1v) is 5.69. The first-order chi connectivity index (χ1) is 5.69. The first kappa shape index (κ1) is 11.1. The topological polar surface area (TPSA) is 0 Å². The van der Waals surface area contributed by atoms with E-state index in [0.717, 1.165) is 17.8 Å². The van der Waals surface area contributed by atoms with Crippen molar-refractivity contribution in [1.82, 2.24) is 0 Å². The molecule has 0 spiro atoms. The quantitative estimate of drug-likeness (QED) is 0.565. The SMILES string of the molecule is CCC1C(C(C)(C)C)C1C(C)(C)C. The second-order valence-corrected chi connectivity index (χ2v) is 6.86. The summed E-state index contributed by atoms with van der Waals surface area (Å²) in [6.45, 7) is 16.7. The van der Waals surface area contributed by atoms with E-state index in [4.69, 9.17) is 0 Å². The molecule has 0 aromatic heterocycles. The third-order valence-electron chi connectivity index (χ3n) is 3.64. The van der Waals surface area contributed by atoms with E-state index in [-0.39, 0.29) is 0 Å². The minimum absolute atomic E-state index is 0.513. The van der Waals surface area contributed by atoms with Crippen LogP contribution in [0.4, 0.5) is 0 Å². The Hall–Kier alpha value is 0. The van der Waals surface area contributed by atoms with Gasteiger partial charge >= 0.3 is 0 Å². The van der Waals surface area contributed by atoms with Gasteiger partial charge in [0.1, 0.15) is 0 Å². The molecule has 0 saturated heterocycles. The van der Waals surface area contributed by atoms with Crippen molar-refractivity contribution < 1.29 is 0 Å². The predicted molar refractivity (Wildman–Crippen MR) is 59.7 cm³/mol. The second-order valence-electron chi connectivity index (χ2n) is 6.86. The maximum atomic E-state index is 2.39. The molecular formula is C13H26. The fourth-order valence-electron chi connectivity index (χ4n) is 3.24. The zero-order chi connectivity index (χ0) is 10.4. The Kier molecular flexibility index (Phi) is 2.56. The molecule has 0 amide bonds. The Morgan fingerprint density at radius 3 is 1.15 bits per heavy atom. The monoisotopic (exact) mass is 182 g/mol. The molecule has 1 saturated carbocycles. The molecule has 0 nitrogen and oxygen atoms in total. The van der Waals surface area contributed by atoms with Gasteiger partial charge < -0.3 is 0 Å². The minimum atomic E-state index is 0.513. The van der Waals surface area contributed by atoms with Crippen molar-refractivity contribution in [3.63, 3.8) is 0 Å². The Balaban J connectivity index is 2.71.